The second-order valence-electron chi connectivity index (χ2n) is 10.5. The molecule has 1 saturated heterocycles. The summed E-state index contributed by atoms with van der Waals surface area (Å²) in [6, 6.07) is 9.85. The third kappa shape index (κ3) is 3.40. The van der Waals surface area contributed by atoms with Gasteiger partial charge in [-0.2, -0.15) is 0 Å². The predicted octanol–water partition coefficient (Wildman–Crippen LogP) is 3.79. The summed E-state index contributed by atoms with van der Waals surface area (Å²) >= 11 is 0. The molecule has 3 aromatic heterocycles. The van der Waals surface area contributed by atoms with Crippen molar-refractivity contribution in [3.05, 3.63) is 59.5 Å². The van der Waals surface area contributed by atoms with Gasteiger partial charge in [-0.15, -0.1) is 0 Å². The first-order chi connectivity index (χ1) is 18.1. The smallest absolute Gasteiger partial charge is 0.223 e. The van der Waals surface area contributed by atoms with Gasteiger partial charge in [0.1, 0.15) is 35.3 Å². The Morgan fingerprint density at radius 2 is 2.11 bits per heavy atom. The Labute approximate surface area is 214 Å². The number of carbonyl (C=O) groups excluding carboxylic acids is 1. The van der Waals surface area contributed by atoms with E-state index in [1.807, 2.05) is 50.4 Å². The van der Waals surface area contributed by atoms with Crippen molar-refractivity contribution >= 4 is 16.9 Å². The van der Waals surface area contributed by atoms with Gasteiger partial charge in [-0.05, 0) is 63.9 Å². The zero-order valence-corrected chi connectivity index (χ0v) is 21.1. The second-order valence-corrected chi connectivity index (χ2v) is 10.5. The molecule has 9 nitrogen and oxygen atoms in total. The summed E-state index contributed by atoms with van der Waals surface area (Å²) in [6.45, 7) is 5.72. The van der Waals surface area contributed by atoms with Crippen LogP contribution in [-0.2, 0) is 10.3 Å². The summed E-state index contributed by atoms with van der Waals surface area (Å²) in [5.74, 6) is 2.60. The molecule has 0 radical (unpaired) electrons. The predicted molar refractivity (Wildman–Crippen MR) is 137 cm³/mol. The van der Waals surface area contributed by atoms with Crippen LogP contribution in [0.15, 0.2) is 41.1 Å². The number of ether oxygens (including phenoxy) is 1. The van der Waals surface area contributed by atoms with Crippen molar-refractivity contribution in [2.45, 2.75) is 51.1 Å². The summed E-state index contributed by atoms with van der Waals surface area (Å²) < 4.78 is 14.3. The first-order valence-electron chi connectivity index (χ1n) is 13.1. The van der Waals surface area contributed by atoms with Crippen molar-refractivity contribution < 1.29 is 14.1 Å². The second kappa shape index (κ2) is 8.41. The van der Waals surface area contributed by atoms with Crippen molar-refractivity contribution in [2.75, 3.05) is 19.7 Å². The van der Waals surface area contributed by atoms with Crippen LogP contribution in [0, 0.1) is 19.8 Å². The van der Waals surface area contributed by atoms with Gasteiger partial charge in [0.15, 0.2) is 5.75 Å². The maximum Gasteiger partial charge on any atom is 0.223 e. The molecular weight excluding hydrogens is 468 g/mol. The number of nitrogens with one attached hydrogen (secondary N) is 2. The van der Waals surface area contributed by atoms with Crippen LogP contribution >= 0.6 is 0 Å². The molecule has 3 aliphatic rings. The minimum Gasteiger partial charge on any atom is -0.488 e. The number of amides is 1. The topological polar surface area (TPSA) is 107 Å². The van der Waals surface area contributed by atoms with E-state index in [2.05, 4.69) is 25.3 Å². The van der Waals surface area contributed by atoms with Gasteiger partial charge < -0.3 is 24.5 Å². The normalized spacial score (nSPS) is 23.1. The van der Waals surface area contributed by atoms with Crippen LogP contribution in [0.1, 0.15) is 54.7 Å². The lowest BCUT2D eigenvalue weighted by Crippen LogP contribution is -2.52. The maximum absolute atomic E-state index is 13.3. The third-order valence-electron chi connectivity index (χ3n) is 8.26. The first kappa shape index (κ1) is 22.5. The minimum atomic E-state index is -0.601. The molecule has 190 valence electrons. The van der Waals surface area contributed by atoms with Crippen molar-refractivity contribution in [3.8, 4) is 16.9 Å². The minimum absolute atomic E-state index is 0.0971. The molecule has 4 aromatic rings. The van der Waals surface area contributed by atoms with Gasteiger partial charge in [-0.25, -0.2) is 4.98 Å². The molecule has 0 bridgehead atoms. The molecule has 0 unspecified atom stereocenters. The molecule has 1 aromatic carbocycles. The molecule has 1 saturated carbocycles. The van der Waals surface area contributed by atoms with Crippen LogP contribution in [0.25, 0.3) is 22.2 Å². The molecule has 1 aliphatic carbocycles. The van der Waals surface area contributed by atoms with Gasteiger partial charge in [0.2, 0.25) is 5.91 Å². The van der Waals surface area contributed by atoms with Gasteiger partial charge in [0, 0.05) is 24.2 Å². The molecule has 7 rings (SSSR count). The van der Waals surface area contributed by atoms with E-state index in [1.165, 1.54) is 0 Å². The highest BCUT2D eigenvalue weighted by molar-refractivity contribution is 5.93. The van der Waals surface area contributed by atoms with Gasteiger partial charge in [-0.3, -0.25) is 9.78 Å². The van der Waals surface area contributed by atoms with Gasteiger partial charge >= 0.3 is 0 Å². The summed E-state index contributed by atoms with van der Waals surface area (Å²) in [5, 5.41) is 11.1. The number of hydrogen-bond acceptors (Lipinski definition) is 7. The van der Waals surface area contributed by atoms with Gasteiger partial charge in [-0.1, -0.05) is 17.6 Å². The lowest BCUT2D eigenvalue weighted by molar-refractivity contribution is -0.129. The number of rotatable bonds is 5. The quantitative estimate of drug-likeness (QED) is 0.431. The van der Waals surface area contributed by atoms with Crippen LogP contribution in [0.3, 0.4) is 0 Å². The molecule has 1 amide bonds. The largest absolute Gasteiger partial charge is 0.488 e. The fourth-order valence-corrected chi connectivity index (χ4v) is 6.09. The monoisotopic (exact) mass is 498 g/mol. The van der Waals surface area contributed by atoms with Crippen LogP contribution in [0.5, 0.6) is 5.75 Å². The first-order valence-corrected chi connectivity index (χ1v) is 13.1. The fraction of sp³-hybridized carbons (Fsp3) is 0.429. The lowest BCUT2D eigenvalue weighted by atomic mass is 9.83. The van der Waals surface area contributed by atoms with E-state index in [0.29, 0.717) is 13.2 Å². The van der Waals surface area contributed by atoms with Crippen LogP contribution in [0.2, 0.25) is 0 Å². The van der Waals surface area contributed by atoms with Crippen molar-refractivity contribution in [2.24, 2.45) is 5.92 Å². The highest BCUT2D eigenvalue weighted by Crippen LogP contribution is 2.46. The SMILES string of the molecule is Cc1noc(C)c1-c1ccc2nc([C@@]3(NC(=O)C4CCC4)CCNC3)n3c2c1OC[C@@H]3c1ccccn1. The molecule has 2 aliphatic heterocycles. The van der Waals surface area contributed by atoms with Crippen molar-refractivity contribution in [1.82, 2.24) is 30.3 Å². The molecule has 5 heterocycles. The number of imidazole rings is 1. The Kier molecular flexibility index (Phi) is 5.11. The van der Waals surface area contributed by atoms with E-state index < -0.39 is 5.54 Å². The maximum atomic E-state index is 13.3. The molecule has 2 atom stereocenters. The highest BCUT2D eigenvalue weighted by atomic mass is 16.5. The summed E-state index contributed by atoms with van der Waals surface area (Å²) in [4.78, 5) is 23.1. The zero-order valence-electron chi connectivity index (χ0n) is 21.1. The third-order valence-corrected chi connectivity index (χ3v) is 8.26. The van der Waals surface area contributed by atoms with Crippen LogP contribution < -0.4 is 15.4 Å². The highest BCUT2D eigenvalue weighted by Gasteiger charge is 2.46. The number of hydrogen-bond donors (Lipinski definition) is 2. The Morgan fingerprint density at radius 3 is 2.78 bits per heavy atom. The van der Waals surface area contributed by atoms with Crippen molar-refractivity contribution in [1.29, 1.82) is 0 Å². The number of pyridine rings is 1. The Bertz CT molecular complexity index is 1480. The summed E-state index contributed by atoms with van der Waals surface area (Å²) in [6.07, 6.45) is 5.62. The Balaban J connectivity index is 1.46. The lowest BCUT2D eigenvalue weighted by Gasteiger charge is -2.36. The molecular formula is C28H30N6O3. The number of nitrogens with zero attached hydrogens (tertiary/aromatic N) is 4. The average Bonchev–Trinajstić information content (AvgIpc) is 3.58. The van der Waals surface area contributed by atoms with Crippen molar-refractivity contribution in [3.63, 3.8) is 0 Å². The molecule has 0 spiro atoms. The van der Waals surface area contributed by atoms with Crippen LogP contribution in [-0.4, -0.2) is 45.3 Å². The van der Waals surface area contributed by atoms with E-state index in [4.69, 9.17) is 14.2 Å². The fourth-order valence-electron chi connectivity index (χ4n) is 6.09. The number of aromatic nitrogens is 4. The van der Waals surface area contributed by atoms with E-state index >= 15 is 0 Å². The Morgan fingerprint density at radius 1 is 1.22 bits per heavy atom. The van der Waals surface area contributed by atoms with E-state index in [9.17, 15) is 4.79 Å². The molecule has 2 fully saturated rings. The van der Waals surface area contributed by atoms with E-state index in [-0.39, 0.29) is 17.9 Å². The molecule has 2 N–H and O–H groups in total. The standard InChI is InChI=1S/C28H30N6O3/c1-16-23(17(2)37-33-16)19-9-10-21-24-25(19)36-14-22(20-8-3-4-12-30-20)34(24)27(31-21)28(11-13-29-15-28)32-26(35)18-6-5-7-18/h3-4,8-10,12,18,22,29H,5-7,11,13-15H2,1-2H3,(H,32,35)/t22-,28-/m1/s1. The Hall–Kier alpha value is -3.72. The summed E-state index contributed by atoms with van der Waals surface area (Å²) in [7, 11) is 0. The molecule has 37 heavy (non-hydrogen) atoms. The zero-order chi connectivity index (χ0) is 25.1. The van der Waals surface area contributed by atoms with Gasteiger partial charge in [0.05, 0.1) is 22.5 Å². The van der Waals surface area contributed by atoms with E-state index in [0.717, 1.165) is 83.1 Å². The number of benzene rings is 1. The summed E-state index contributed by atoms with van der Waals surface area (Å²) in [5.41, 5.74) is 4.76. The average molecular weight is 499 g/mol. The molecule has 9 heteroatoms. The van der Waals surface area contributed by atoms with E-state index in [1.54, 1.807) is 0 Å². The van der Waals surface area contributed by atoms with Gasteiger partial charge in [0.25, 0.3) is 0 Å². The number of aryl methyl sites for hydroxylation is 2. The van der Waals surface area contributed by atoms with Crippen LogP contribution in [0.4, 0.5) is 0 Å². The number of carbonyl (C=O) groups is 1.